The Bertz CT molecular complexity index is 1790. The number of anilines is 4. The number of hydrogen-bond acceptors (Lipinski definition) is 6. The van der Waals surface area contributed by atoms with Gasteiger partial charge in [0.05, 0.1) is 56.6 Å². The molecule has 52 heavy (non-hydrogen) atoms. The molecule has 0 unspecified atom stereocenters. The lowest BCUT2D eigenvalue weighted by atomic mass is 9.85. The van der Waals surface area contributed by atoms with Gasteiger partial charge in [0, 0.05) is 79.1 Å². The van der Waals surface area contributed by atoms with Crippen LogP contribution in [0.2, 0.25) is 0 Å². The number of benzene rings is 6. The largest absolute Gasteiger partial charge is 0.377 e. The summed E-state index contributed by atoms with van der Waals surface area (Å²) < 4.78 is 0. The minimum Gasteiger partial charge on any atom is -0.377 e. The van der Waals surface area contributed by atoms with Crippen molar-refractivity contribution in [2.45, 2.75) is 0 Å². The zero-order chi connectivity index (χ0) is 36.8. The quantitative estimate of drug-likeness (QED) is 0.0731. The maximum atomic E-state index is 4.62. The van der Waals surface area contributed by atoms with E-state index in [0.717, 1.165) is 44.8 Å². The Hall–Kier alpha value is -6.14. The predicted molar refractivity (Wildman–Crippen MR) is 221 cm³/mol. The molecule has 6 aromatic rings. The summed E-state index contributed by atoms with van der Waals surface area (Å²) in [7, 11) is 16.5. The SMILES string of the molecule is CN(C)c1ccc([C+](c2ccc(N=Nc3ccc([C+](c4ccc(N(C)C)cc4)c4ccc(N(C)C)cc4)cc3)cc2)c2ccc(N(C)C)cc2)cc1. The first-order valence-electron chi connectivity index (χ1n) is 17.5. The molecule has 0 atom stereocenters. The third kappa shape index (κ3) is 8.24. The lowest BCUT2D eigenvalue weighted by Crippen LogP contribution is -2.10. The molecule has 0 spiro atoms. The van der Waals surface area contributed by atoms with Crippen molar-refractivity contribution < 1.29 is 0 Å². The topological polar surface area (TPSA) is 37.7 Å². The lowest BCUT2D eigenvalue weighted by molar-refractivity contribution is 1.12. The number of nitrogens with zero attached hydrogens (tertiary/aromatic N) is 6. The zero-order valence-corrected chi connectivity index (χ0v) is 31.5. The van der Waals surface area contributed by atoms with Crippen molar-refractivity contribution >= 4 is 34.1 Å². The number of hydrogen-bond donors (Lipinski definition) is 0. The summed E-state index contributed by atoms with van der Waals surface area (Å²) >= 11 is 0. The fourth-order valence-electron chi connectivity index (χ4n) is 6.21. The molecule has 6 heteroatoms. The van der Waals surface area contributed by atoms with E-state index >= 15 is 0 Å². The van der Waals surface area contributed by atoms with Crippen LogP contribution in [0.15, 0.2) is 156 Å². The number of azo groups is 1. The van der Waals surface area contributed by atoms with Crippen molar-refractivity contribution in [1.82, 2.24) is 0 Å². The monoisotopic (exact) mass is 684 g/mol. The predicted octanol–water partition coefficient (Wildman–Crippen LogP) is 10.4. The van der Waals surface area contributed by atoms with Crippen LogP contribution in [-0.2, 0) is 0 Å². The molecule has 0 radical (unpaired) electrons. The molecule has 6 aromatic carbocycles. The van der Waals surface area contributed by atoms with Gasteiger partial charge in [-0.15, -0.1) is 10.2 Å². The van der Waals surface area contributed by atoms with E-state index in [1.165, 1.54) is 34.6 Å². The summed E-state index contributed by atoms with van der Waals surface area (Å²) in [5.74, 6) is 2.35. The van der Waals surface area contributed by atoms with Crippen LogP contribution in [-0.4, -0.2) is 56.4 Å². The van der Waals surface area contributed by atoms with E-state index < -0.39 is 0 Å². The van der Waals surface area contributed by atoms with E-state index in [2.05, 4.69) is 208 Å². The molecule has 6 rings (SSSR count). The summed E-state index contributed by atoms with van der Waals surface area (Å²) in [4.78, 5) is 8.48. The van der Waals surface area contributed by atoms with Crippen LogP contribution in [0.5, 0.6) is 0 Å². The fraction of sp³-hybridized carbons (Fsp3) is 0.174. The standard InChI is InChI=1S/C46H48N6/c1-49(2)41-25-13-35(14-26-41)45(36-15-27-42(28-16-36)50(3)4)33-9-21-39(22-10-33)47-48-40-23-11-34(12-24-40)46(37-17-29-43(30-18-37)51(5)6)38-19-31-44(32-20-38)52(7)8/h9-32H,1-8H3/q+2. The average Bonchev–Trinajstić information content (AvgIpc) is 3.16. The summed E-state index contributed by atoms with van der Waals surface area (Å²) in [5.41, 5.74) is 13.2. The van der Waals surface area contributed by atoms with Gasteiger partial charge >= 0.3 is 0 Å². The minimum atomic E-state index is 0.798. The van der Waals surface area contributed by atoms with Crippen molar-refractivity contribution in [1.29, 1.82) is 0 Å². The molecule has 0 saturated carbocycles. The van der Waals surface area contributed by atoms with Crippen LogP contribution in [0.3, 0.4) is 0 Å². The smallest absolute Gasteiger partial charge is 0.0967 e. The van der Waals surface area contributed by atoms with Crippen LogP contribution in [0.1, 0.15) is 33.4 Å². The third-order valence-corrected chi connectivity index (χ3v) is 9.28. The maximum Gasteiger partial charge on any atom is 0.0967 e. The second-order valence-electron chi connectivity index (χ2n) is 13.8. The van der Waals surface area contributed by atoms with Gasteiger partial charge in [0.1, 0.15) is 0 Å². The molecular formula is C46H48N6+2. The Balaban J connectivity index is 1.24. The van der Waals surface area contributed by atoms with Crippen molar-refractivity contribution in [3.8, 4) is 0 Å². The van der Waals surface area contributed by atoms with Crippen molar-refractivity contribution in [2.75, 3.05) is 76.0 Å². The Morgan fingerprint density at radius 2 is 0.442 bits per heavy atom. The third-order valence-electron chi connectivity index (χ3n) is 9.28. The van der Waals surface area contributed by atoms with Gasteiger partial charge in [0.25, 0.3) is 0 Å². The normalized spacial score (nSPS) is 11.0. The van der Waals surface area contributed by atoms with Gasteiger partial charge in [-0.1, -0.05) is 0 Å². The van der Waals surface area contributed by atoms with E-state index in [0.29, 0.717) is 0 Å². The lowest BCUT2D eigenvalue weighted by Gasteiger charge is -2.17. The van der Waals surface area contributed by atoms with Gasteiger partial charge in [0.15, 0.2) is 0 Å². The minimum absolute atomic E-state index is 0.798. The van der Waals surface area contributed by atoms with Gasteiger partial charge in [-0.25, -0.2) is 0 Å². The van der Waals surface area contributed by atoms with Crippen LogP contribution >= 0.6 is 0 Å². The average molecular weight is 685 g/mol. The molecule has 260 valence electrons. The highest BCUT2D eigenvalue weighted by atomic mass is 15.1. The molecule has 0 aliphatic heterocycles. The van der Waals surface area contributed by atoms with Crippen molar-refractivity contribution in [3.05, 3.63) is 191 Å². The van der Waals surface area contributed by atoms with Crippen LogP contribution in [0, 0.1) is 11.8 Å². The Labute approximate surface area is 310 Å². The van der Waals surface area contributed by atoms with Crippen molar-refractivity contribution in [2.24, 2.45) is 10.2 Å². The molecule has 0 aromatic heterocycles. The first kappa shape index (κ1) is 35.7. The van der Waals surface area contributed by atoms with Gasteiger partial charge in [-0.05, 0) is 146 Å². The molecule has 0 heterocycles. The second-order valence-corrected chi connectivity index (χ2v) is 13.8. The Morgan fingerprint density at radius 1 is 0.269 bits per heavy atom. The summed E-state index contributed by atoms with van der Waals surface area (Å²) in [5, 5.41) is 9.23. The van der Waals surface area contributed by atoms with Gasteiger partial charge in [-0.2, -0.15) is 0 Å². The van der Waals surface area contributed by atoms with Gasteiger partial charge < -0.3 is 19.6 Å². The summed E-state index contributed by atoms with van der Waals surface area (Å²) in [6.07, 6.45) is 0. The summed E-state index contributed by atoms with van der Waals surface area (Å²) in [6.45, 7) is 0. The van der Waals surface area contributed by atoms with E-state index in [-0.39, 0.29) is 0 Å². The maximum absolute atomic E-state index is 4.62. The molecule has 0 saturated heterocycles. The number of rotatable bonds is 12. The fourth-order valence-corrected chi connectivity index (χ4v) is 6.21. The highest BCUT2D eigenvalue weighted by molar-refractivity contribution is 5.64. The zero-order valence-electron chi connectivity index (χ0n) is 31.5. The molecule has 0 fully saturated rings. The van der Waals surface area contributed by atoms with Gasteiger partial charge in [-0.3, -0.25) is 0 Å². The van der Waals surface area contributed by atoms with Crippen LogP contribution in [0.4, 0.5) is 34.1 Å². The van der Waals surface area contributed by atoms with Gasteiger partial charge in [0.2, 0.25) is 0 Å². The first-order valence-corrected chi connectivity index (χ1v) is 17.5. The molecule has 0 bridgehead atoms. The molecule has 6 nitrogen and oxygen atoms in total. The van der Waals surface area contributed by atoms with Crippen molar-refractivity contribution in [3.63, 3.8) is 0 Å². The molecule has 0 aliphatic carbocycles. The Kier molecular flexibility index (Phi) is 10.9. The molecular weight excluding hydrogens is 637 g/mol. The molecule has 0 aliphatic rings. The van der Waals surface area contributed by atoms with Crippen LogP contribution in [0.25, 0.3) is 0 Å². The molecule has 0 N–H and O–H groups in total. The van der Waals surface area contributed by atoms with E-state index in [4.69, 9.17) is 0 Å². The first-order chi connectivity index (χ1) is 25.1. The van der Waals surface area contributed by atoms with E-state index in [9.17, 15) is 0 Å². The van der Waals surface area contributed by atoms with E-state index in [1.807, 2.05) is 24.3 Å². The summed E-state index contributed by atoms with van der Waals surface area (Å²) in [6, 6.07) is 51.6. The molecule has 0 amide bonds. The highest BCUT2D eigenvalue weighted by Gasteiger charge is 2.24. The Morgan fingerprint density at radius 3 is 0.615 bits per heavy atom. The van der Waals surface area contributed by atoms with E-state index in [1.54, 1.807) is 0 Å². The highest BCUT2D eigenvalue weighted by Crippen LogP contribution is 2.36. The second kappa shape index (κ2) is 15.8. The van der Waals surface area contributed by atoms with Crippen LogP contribution < -0.4 is 19.6 Å².